The highest BCUT2D eigenvalue weighted by molar-refractivity contribution is 7.11. The summed E-state index contributed by atoms with van der Waals surface area (Å²) in [6, 6.07) is 0. The van der Waals surface area contributed by atoms with E-state index in [-0.39, 0.29) is 5.91 Å². The Bertz CT molecular complexity index is 401. The van der Waals surface area contributed by atoms with E-state index >= 15 is 0 Å². The van der Waals surface area contributed by atoms with E-state index in [9.17, 15) is 4.79 Å². The molecule has 2 rings (SSSR count). The van der Waals surface area contributed by atoms with E-state index in [1.54, 1.807) is 16.2 Å². The number of likely N-dealkylation sites (N-methyl/N-ethyl adjacent to an activating group) is 1. The van der Waals surface area contributed by atoms with Gasteiger partial charge in [-0.25, -0.2) is 4.98 Å². The van der Waals surface area contributed by atoms with E-state index in [1.807, 2.05) is 13.2 Å². The first-order valence-corrected chi connectivity index (χ1v) is 7.39. The van der Waals surface area contributed by atoms with Gasteiger partial charge in [0.15, 0.2) is 0 Å². The smallest absolute Gasteiger partial charge is 0.236 e. The second-order valence-corrected chi connectivity index (χ2v) is 6.10. The number of nitrogens with zero attached hydrogens (tertiary/aromatic N) is 2. The maximum atomic E-state index is 11.9. The van der Waals surface area contributed by atoms with Crippen molar-refractivity contribution >= 4 is 17.2 Å². The molecule has 1 N–H and O–H groups in total. The fraction of sp³-hybridized carbons (Fsp3) is 0.692. The maximum absolute atomic E-state index is 11.9. The van der Waals surface area contributed by atoms with Crippen molar-refractivity contribution in [2.24, 2.45) is 5.92 Å². The molecule has 18 heavy (non-hydrogen) atoms. The van der Waals surface area contributed by atoms with Crippen LogP contribution in [0.4, 0.5) is 0 Å². The molecule has 1 aromatic heterocycles. The molecule has 1 aliphatic carbocycles. The van der Waals surface area contributed by atoms with Gasteiger partial charge in [-0.3, -0.25) is 4.79 Å². The molecule has 0 atom stereocenters. The predicted molar refractivity (Wildman–Crippen MR) is 73.6 cm³/mol. The molecular weight excluding hydrogens is 246 g/mol. The van der Waals surface area contributed by atoms with Crippen LogP contribution in [0.5, 0.6) is 0 Å². The second-order valence-electron chi connectivity index (χ2n) is 4.90. The predicted octanol–water partition coefficient (Wildman–Crippen LogP) is 1.66. The van der Waals surface area contributed by atoms with Gasteiger partial charge in [-0.15, -0.1) is 11.3 Å². The van der Waals surface area contributed by atoms with E-state index < -0.39 is 0 Å². The van der Waals surface area contributed by atoms with Gasteiger partial charge in [0.1, 0.15) is 5.01 Å². The van der Waals surface area contributed by atoms with Gasteiger partial charge in [0, 0.05) is 18.1 Å². The van der Waals surface area contributed by atoms with E-state index in [0.29, 0.717) is 13.1 Å². The molecule has 5 heteroatoms. The first-order chi connectivity index (χ1) is 8.69. The highest BCUT2D eigenvalue weighted by atomic mass is 32.1. The van der Waals surface area contributed by atoms with E-state index in [1.165, 1.54) is 17.7 Å². The van der Waals surface area contributed by atoms with Crippen LogP contribution in [-0.4, -0.2) is 35.9 Å². The summed E-state index contributed by atoms with van der Waals surface area (Å²) >= 11 is 1.69. The lowest BCUT2D eigenvalue weighted by Gasteiger charge is -2.15. The third-order valence-corrected chi connectivity index (χ3v) is 4.28. The molecule has 1 aromatic rings. The van der Waals surface area contributed by atoms with Crippen LogP contribution < -0.4 is 5.32 Å². The third kappa shape index (κ3) is 4.07. The molecule has 0 saturated heterocycles. The van der Waals surface area contributed by atoms with Crippen LogP contribution in [0.25, 0.3) is 0 Å². The summed E-state index contributed by atoms with van der Waals surface area (Å²) in [5.41, 5.74) is 0. The van der Waals surface area contributed by atoms with Crippen LogP contribution in [-0.2, 0) is 17.8 Å². The van der Waals surface area contributed by atoms with Crippen LogP contribution in [0.15, 0.2) is 6.20 Å². The number of aryl methyl sites for hydroxylation is 1. The van der Waals surface area contributed by atoms with Crippen LogP contribution in [0.2, 0.25) is 0 Å². The molecule has 0 aliphatic heterocycles. The maximum Gasteiger partial charge on any atom is 0.236 e. The fourth-order valence-corrected chi connectivity index (χ4v) is 2.63. The molecule has 1 saturated carbocycles. The van der Waals surface area contributed by atoms with E-state index in [4.69, 9.17) is 0 Å². The molecule has 4 nitrogen and oxygen atoms in total. The Balaban J connectivity index is 1.71. The van der Waals surface area contributed by atoms with Gasteiger partial charge in [0.05, 0.1) is 13.1 Å². The summed E-state index contributed by atoms with van der Waals surface area (Å²) in [7, 11) is 1.84. The molecule has 0 bridgehead atoms. The number of carbonyl (C=O) groups is 1. The van der Waals surface area contributed by atoms with Crippen molar-refractivity contribution in [3.05, 3.63) is 16.1 Å². The zero-order valence-corrected chi connectivity index (χ0v) is 11.9. The quantitative estimate of drug-likeness (QED) is 0.817. The molecule has 0 unspecified atom stereocenters. The zero-order valence-electron chi connectivity index (χ0n) is 11.1. The van der Waals surface area contributed by atoms with Crippen molar-refractivity contribution < 1.29 is 4.79 Å². The monoisotopic (exact) mass is 267 g/mol. The van der Waals surface area contributed by atoms with Gasteiger partial charge in [-0.1, -0.05) is 6.92 Å². The topological polar surface area (TPSA) is 45.2 Å². The number of thiazole rings is 1. The van der Waals surface area contributed by atoms with Crippen molar-refractivity contribution in [2.75, 3.05) is 20.1 Å². The van der Waals surface area contributed by atoms with Crippen molar-refractivity contribution in [3.8, 4) is 0 Å². The second kappa shape index (κ2) is 6.29. The van der Waals surface area contributed by atoms with Gasteiger partial charge in [-0.2, -0.15) is 0 Å². The summed E-state index contributed by atoms with van der Waals surface area (Å²) in [5.74, 6) is 0.957. The minimum absolute atomic E-state index is 0.142. The first-order valence-electron chi connectivity index (χ1n) is 6.57. The Morgan fingerprint density at radius 2 is 2.39 bits per heavy atom. The number of rotatable bonds is 7. The number of carbonyl (C=O) groups excluding carboxylic acids is 1. The molecular formula is C13H21N3OS. The molecule has 1 aliphatic rings. The molecule has 100 valence electrons. The first kappa shape index (κ1) is 13.5. The lowest BCUT2D eigenvalue weighted by Crippen LogP contribution is -2.35. The Kier molecular flexibility index (Phi) is 4.72. The van der Waals surface area contributed by atoms with Gasteiger partial charge >= 0.3 is 0 Å². The summed E-state index contributed by atoms with van der Waals surface area (Å²) in [4.78, 5) is 19.2. The van der Waals surface area contributed by atoms with Crippen molar-refractivity contribution in [1.82, 2.24) is 15.2 Å². The highest BCUT2D eigenvalue weighted by Gasteiger charge is 2.21. The summed E-state index contributed by atoms with van der Waals surface area (Å²) in [6.07, 6.45) is 5.55. The molecule has 0 spiro atoms. The SMILES string of the molecule is CCc1cnc(CN(C)C(=O)CNCC2CC2)s1. The van der Waals surface area contributed by atoms with Crippen molar-refractivity contribution in [2.45, 2.75) is 32.7 Å². The average molecular weight is 267 g/mol. The number of hydrogen-bond acceptors (Lipinski definition) is 4. The minimum atomic E-state index is 0.142. The normalized spacial score (nSPS) is 14.8. The Labute approximate surface area is 112 Å². The standard InChI is InChI=1S/C13H21N3OS/c1-3-11-7-15-12(18-11)9-16(2)13(17)8-14-6-10-4-5-10/h7,10,14H,3-6,8-9H2,1-2H3. The van der Waals surface area contributed by atoms with Gasteiger partial charge < -0.3 is 10.2 Å². The number of hydrogen-bond donors (Lipinski definition) is 1. The Morgan fingerprint density at radius 1 is 1.61 bits per heavy atom. The highest BCUT2D eigenvalue weighted by Crippen LogP contribution is 2.27. The molecule has 1 heterocycles. The lowest BCUT2D eigenvalue weighted by atomic mass is 10.4. The van der Waals surface area contributed by atoms with Crippen molar-refractivity contribution in [3.63, 3.8) is 0 Å². The zero-order chi connectivity index (χ0) is 13.0. The molecule has 0 radical (unpaired) electrons. The number of nitrogens with one attached hydrogen (secondary N) is 1. The number of aromatic nitrogens is 1. The van der Waals surface area contributed by atoms with Crippen molar-refractivity contribution in [1.29, 1.82) is 0 Å². The van der Waals surface area contributed by atoms with Crippen LogP contribution in [0.1, 0.15) is 29.7 Å². The molecule has 1 amide bonds. The van der Waals surface area contributed by atoms with Gasteiger partial charge in [0.25, 0.3) is 0 Å². The van der Waals surface area contributed by atoms with Crippen LogP contribution in [0.3, 0.4) is 0 Å². The third-order valence-electron chi connectivity index (χ3n) is 3.15. The summed E-state index contributed by atoms with van der Waals surface area (Å²) < 4.78 is 0. The van der Waals surface area contributed by atoms with Gasteiger partial charge in [0.2, 0.25) is 5.91 Å². The Morgan fingerprint density at radius 3 is 3.00 bits per heavy atom. The van der Waals surface area contributed by atoms with Crippen LogP contribution in [0, 0.1) is 5.92 Å². The van der Waals surface area contributed by atoms with Crippen LogP contribution >= 0.6 is 11.3 Å². The summed E-state index contributed by atoms with van der Waals surface area (Å²) in [5, 5.41) is 4.24. The summed E-state index contributed by atoms with van der Waals surface area (Å²) in [6.45, 7) is 4.17. The average Bonchev–Trinajstić information content (AvgIpc) is 3.07. The number of amides is 1. The molecule has 0 aromatic carbocycles. The Hall–Kier alpha value is -0.940. The minimum Gasteiger partial charge on any atom is -0.338 e. The largest absolute Gasteiger partial charge is 0.338 e. The molecule has 1 fully saturated rings. The fourth-order valence-electron chi connectivity index (χ4n) is 1.72. The lowest BCUT2D eigenvalue weighted by molar-refractivity contribution is -0.129. The van der Waals surface area contributed by atoms with Gasteiger partial charge in [-0.05, 0) is 31.7 Å². The van der Waals surface area contributed by atoms with E-state index in [0.717, 1.165) is 23.9 Å². The van der Waals surface area contributed by atoms with E-state index in [2.05, 4.69) is 17.2 Å².